The number of anilines is 1. The molecule has 0 aliphatic carbocycles. The monoisotopic (exact) mass is 403 g/mol. The molecule has 1 aliphatic heterocycles. The third-order valence-electron chi connectivity index (χ3n) is 5.68. The third kappa shape index (κ3) is 5.93. The molecule has 2 aromatic carbocycles. The molecule has 1 atom stereocenters. The summed E-state index contributed by atoms with van der Waals surface area (Å²) in [7, 11) is 0. The minimum Gasteiger partial charge on any atom is -0.340 e. The van der Waals surface area contributed by atoms with Crippen molar-refractivity contribution in [3.05, 3.63) is 66.2 Å². The van der Waals surface area contributed by atoms with Gasteiger partial charge in [-0.05, 0) is 43.4 Å². The van der Waals surface area contributed by atoms with Crippen LogP contribution >= 0.6 is 0 Å². The molecule has 2 aromatic rings. The first-order valence-electron chi connectivity index (χ1n) is 10.7. The molecule has 30 heavy (non-hydrogen) atoms. The maximum Gasteiger partial charge on any atom is 0.227 e. The predicted octanol–water partition coefficient (Wildman–Crippen LogP) is 4.34. The van der Waals surface area contributed by atoms with Crippen LogP contribution < -0.4 is 4.90 Å². The van der Waals surface area contributed by atoms with Crippen molar-refractivity contribution in [2.45, 2.75) is 51.0 Å². The maximum atomic E-state index is 12.8. The first-order valence-corrected chi connectivity index (χ1v) is 10.7. The molecule has 1 heterocycles. The second kappa shape index (κ2) is 11.2. The van der Waals surface area contributed by atoms with Gasteiger partial charge in [0.15, 0.2) is 0 Å². The molecule has 5 nitrogen and oxygen atoms in total. The molecular weight excluding hydrogens is 374 g/mol. The van der Waals surface area contributed by atoms with Crippen LogP contribution in [0.1, 0.15) is 44.1 Å². The van der Waals surface area contributed by atoms with E-state index in [4.69, 9.17) is 5.26 Å². The topological polar surface area (TPSA) is 64.4 Å². The number of likely N-dealkylation sites (tertiary alicyclic amines) is 1. The van der Waals surface area contributed by atoms with Gasteiger partial charge in [-0.1, -0.05) is 48.5 Å². The normalized spacial score (nSPS) is 15.6. The Balaban J connectivity index is 1.53. The average molecular weight is 404 g/mol. The van der Waals surface area contributed by atoms with Gasteiger partial charge in [-0.3, -0.25) is 9.59 Å². The summed E-state index contributed by atoms with van der Waals surface area (Å²) in [5.74, 6) is -0.0444. The van der Waals surface area contributed by atoms with Gasteiger partial charge in [0.05, 0.1) is 12.5 Å². The Labute approximate surface area is 178 Å². The number of carbonyl (C=O) groups excluding carboxylic acids is 2. The van der Waals surface area contributed by atoms with Crippen LogP contribution in [0.25, 0.3) is 0 Å². The fraction of sp³-hybridized carbons (Fsp3) is 0.400. The van der Waals surface area contributed by atoms with E-state index in [2.05, 4.69) is 18.2 Å². The molecule has 156 valence electrons. The van der Waals surface area contributed by atoms with Crippen LogP contribution in [0.15, 0.2) is 60.7 Å². The van der Waals surface area contributed by atoms with Gasteiger partial charge in [-0.2, -0.15) is 5.26 Å². The second-order valence-corrected chi connectivity index (χ2v) is 7.70. The first-order chi connectivity index (χ1) is 14.7. The van der Waals surface area contributed by atoms with Gasteiger partial charge in [0, 0.05) is 37.7 Å². The number of hydrogen-bond acceptors (Lipinski definition) is 3. The highest BCUT2D eigenvalue weighted by Gasteiger charge is 2.29. The molecular formula is C25H29N3O2. The van der Waals surface area contributed by atoms with Gasteiger partial charge in [0.1, 0.15) is 0 Å². The van der Waals surface area contributed by atoms with Gasteiger partial charge in [-0.25, -0.2) is 0 Å². The van der Waals surface area contributed by atoms with E-state index in [9.17, 15) is 9.59 Å². The van der Waals surface area contributed by atoms with E-state index >= 15 is 0 Å². The number of hydrogen-bond donors (Lipinski definition) is 0. The van der Waals surface area contributed by atoms with Gasteiger partial charge in [0.2, 0.25) is 11.8 Å². The van der Waals surface area contributed by atoms with E-state index in [1.54, 1.807) is 4.90 Å². The standard InChI is InChI=1S/C25H29N3O2/c26-18-8-20-28(22-11-5-2-6-12-22)25(30)17-16-24(29)27-19-7-13-23(27)15-14-21-9-3-1-4-10-21/h1-6,9-12,23H,7-8,13-17,19-20H2. The molecule has 5 heteroatoms. The number of nitrogens with zero attached hydrogens (tertiary/aromatic N) is 3. The Morgan fingerprint density at radius 1 is 1.03 bits per heavy atom. The van der Waals surface area contributed by atoms with Crippen LogP contribution in [0.4, 0.5) is 5.69 Å². The molecule has 2 amide bonds. The van der Waals surface area contributed by atoms with E-state index in [1.807, 2.05) is 53.4 Å². The summed E-state index contributed by atoms with van der Waals surface area (Å²) in [6.45, 7) is 1.13. The van der Waals surface area contributed by atoms with Crippen LogP contribution in [-0.2, 0) is 16.0 Å². The lowest BCUT2D eigenvalue weighted by atomic mass is 10.0. The zero-order chi connectivity index (χ0) is 21.2. The lowest BCUT2D eigenvalue weighted by molar-refractivity contribution is -0.134. The Morgan fingerprint density at radius 2 is 1.73 bits per heavy atom. The number of aryl methyl sites for hydroxylation is 1. The molecule has 0 saturated carbocycles. The number of carbonyl (C=O) groups is 2. The summed E-state index contributed by atoms with van der Waals surface area (Å²) in [5, 5.41) is 8.92. The largest absolute Gasteiger partial charge is 0.340 e. The summed E-state index contributed by atoms with van der Waals surface area (Å²) in [6.07, 6.45) is 4.63. The SMILES string of the molecule is N#CCCN(C(=O)CCC(=O)N1CCCC1CCc1ccccc1)c1ccccc1. The lowest BCUT2D eigenvalue weighted by Gasteiger charge is -2.26. The molecule has 1 aliphatic rings. The summed E-state index contributed by atoms with van der Waals surface area (Å²) >= 11 is 0. The molecule has 1 unspecified atom stereocenters. The summed E-state index contributed by atoms with van der Waals surface area (Å²) < 4.78 is 0. The highest BCUT2D eigenvalue weighted by Crippen LogP contribution is 2.23. The van der Waals surface area contributed by atoms with E-state index in [0.29, 0.717) is 6.54 Å². The molecule has 0 radical (unpaired) electrons. The molecule has 0 N–H and O–H groups in total. The van der Waals surface area contributed by atoms with Gasteiger partial charge in [-0.15, -0.1) is 0 Å². The van der Waals surface area contributed by atoms with Crippen LogP contribution in [-0.4, -0.2) is 35.8 Å². The van der Waals surface area contributed by atoms with E-state index < -0.39 is 0 Å². The number of para-hydroxylation sites is 1. The molecule has 0 aromatic heterocycles. The molecule has 0 spiro atoms. The summed E-state index contributed by atoms with van der Waals surface area (Å²) in [5.41, 5.74) is 2.06. The van der Waals surface area contributed by atoms with Crippen LogP contribution in [0.3, 0.4) is 0 Å². The van der Waals surface area contributed by atoms with Crippen molar-refractivity contribution in [2.24, 2.45) is 0 Å². The first kappa shape index (κ1) is 21.6. The van der Waals surface area contributed by atoms with Crippen LogP contribution in [0.5, 0.6) is 0 Å². The minimum atomic E-state index is -0.107. The Morgan fingerprint density at radius 3 is 2.43 bits per heavy atom. The number of amides is 2. The predicted molar refractivity (Wildman–Crippen MR) is 118 cm³/mol. The number of rotatable bonds is 9. The van der Waals surface area contributed by atoms with Crippen molar-refractivity contribution in [3.63, 3.8) is 0 Å². The van der Waals surface area contributed by atoms with Gasteiger partial charge >= 0.3 is 0 Å². The van der Waals surface area contributed by atoms with Crippen LogP contribution in [0.2, 0.25) is 0 Å². The third-order valence-corrected chi connectivity index (χ3v) is 5.68. The van der Waals surface area contributed by atoms with Gasteiger partial charge in [0.25, 0.3) is 0 Å². The highest BCUT2D eigenvalue weighted by molar-refractivity contribution is 5.95. The van der Waals surface area contributed by atoms with Gasteiger partial charge < -0.3 is 9.80 Å². The quantitative estimate of drug-likeness (QED) is 0.626. The maximum absolute atomic E-state index is 12.8. The van der Waals surface area contributed by atoms with Crippen molar-refractivity contribution < 1.29 is 9.59 Å². The Bertz CT molecular complexity index is 861. The van der Waals surface area contributed by atoms with Crippen molar-refractivity contribution in [2.75, 3.05) is 18.0 Å². The second-order valence-electron chi connectivity index (χ2n) is 7.70. The fourth-order valence-corrected chi connectivity index (χ4v) is 4.10. The molecule has 3 rings (SSSR count). The van der Waals surface area contributed by atoms with E-state index in [1.165, 1.54) is 5.56 Å². The Hall–Kier alpha value is -3.13. The van der Waals surface area contributed by atoms with Crippen molar-refractivity contribution in [3.8, 4) is 6.07 Å². The zero-order valence-electron chi connectivity index (χ0n) is 17.4. The fourth-order valence-electron chi connectivity index (χ4n) is 4.10. The molecule has 0 bridgehead atoms. The highest BCUT2D eigenvalue weighted by atomic mass is 16.2. The minimum absolute atomic E-state index is 0.0622. The molecule has 1 saturated heterocycles. The zero-order valence-corrected chi connectivity index (χ0v) is 17.4. The van der Waals surface area contributed by atoms with E-state index in [-0.39, 0.29) is 37.1 Å². The number of benzene rings is 2. The van der Waals surface area contributed by atoms with Crippen LogP contribution in [0, 0.1) is 11.3 Å². The van der Waals surface area contributed by atoms with Crippen molar-refractivity contribution >= 4 is 17.5 Å². The van der Waals surface area contributed by atoms with Crippen molar-refractivity contribution in [1.82, 2.24) is 4.90 Å². The Kier molecular flexibility index (Phi) is 8.02. The molecule has 1 fully saturated rings. The lowest BCUT2D eigenvalue weighted by Crippen LogP contribution is -2.37. The smallest absolute Gasteiger partial charge is 0.227 e. The van der Waals surface area contributed by atoms with E-state index in [0.717, 1.165) is 37.9 Å². The number of nitriles is 1. The average Bonchev–Trinajstić information content (AvgIpc) is 3.26. The summed E-state index contributed by atoms with van der Waals surface area (Å²) in [6, 6.07) is 22.1. The summed E-state index contributed by atoms with van der Waals surface area (Å²) in [4.78, 5) is 29.2. The van der Waals surface area contributed by atoms with Crippen molar-refractivity contribution in [1.29, 1.82) is 5.26 Å².